The first-order valence-electron chi connectivity index (χ1n) is 10.9. The van der Waals surface area contributed by atoms with Crippen LogP contribution in [0.25, 0.3) is 0 Å². The molecule has 166 valence electrons. The summed E-state index contributed by atoms with van der Waals surface area (Å²) in [5, 5.41) is 2.83. The Morgan fingerprint density at radius 1 is 0.933 bits per heavy atom. The van der Waals surface area contributed by atoms with Crippen molar-refractivity contribution < 1.29 is 14.4 Å². The molecule has 2 rings (SSSR count). The summed E-state index contributed by atoms with van der Waals surface area (Å²) in [6.07, 6.45) is 0.260. The van der Waals surface area contributed by atoms with Crippen LogP contribution in [-0.4, -0.2) is 78.4 Å². The number of nitrogens with one attached hydrogen (secondary N) is 1. The summed E-state index contributed by atoms with van der Waals surface area (Å²) in [5.41, 5.74) is 1.81. The van der Waals surface area contributed by atoms with E-state index < -0.39 is 0 Å². The van der Waals surface area contributed by atoms with Crippen molar-refractivity contribution in [3.05, 3.63) is 35.4 Å². The molecule has 0 saturated carbocycles. The molecule has 4 amide bonds. The Morgan fingerprint density at radius 3 is 1.97 bits per heavy atom. The molecular formula is C23H36N4O3. The predicted molar refractivity (Wildman–Crippen MR) is 119 cm³/mol. The van der Waals surface area contributed by atoms with E-state index in [1.807, 2.05) is 38.1 Å². The van der Waals surface area contributed by atoms with Gasteiger partial charge in [-0.25, -0.2) is 4.79 Å². The van der Waals surface area contributed by atoms with Crippen LogP contribution in [-0.2, 0) is 10.2 Å². The Bertz CT molecular complexity index is 728. The molecule has 1 aromatic carbocycles. The third kappa shape index (κ3) is 6.21. The molecule has 0 aliphatic carbocycles. The third-order valence-corrected chi connectivity index (χ3v) is 5.57. The van der Waals surface area contributed by atoms with Crippen molar-refractivity contribution in [1.29, 1.82) is 0 Å². The zero-order valence-corrected chi connectivity index (χ0v) is 19.0. The minimum Gasteiger partial charge on any atom is -0.352 e. The first-order chi connectivity index (χ1) is 14.2. The van der Waals surface area contributed by atoms with Crippen LogP contribution < -0.4 is 5.32 Å². The van der Waals surface area contributed by atoms with Gasteiger partial charge in [0.2, 0.25) is 5.91 Å². The number of hydrogen-bond acceptors (Lipinski definition) is 3. The second-order valence-corrected chi connectivity index (χ2v) is 8.66. The Hall–Kier alpha value is -2.57. The molecule has 0 radical (unpaired) electrons. The summed E-state index contributed by atoms with van der Waals surface area (Å²) in [5.74, 6) is -0.161. The third-order valence-electron chi connectivity index (χ3n) is 5.57. The molecule has 0 unspecified atom stereocenters. The zero-order chi connectivity index (χ0) is 22.3. The molecule has 0 bridgehead atoms. The second-order valence-electron chi connectivity index (χ2n) is 8.66. The number of urea groups is 1. The molecule has 0 aromatic heterocycles. The lowest BCUT2D eigenvalue weighted by Crippen LogP contribution is -2.54. The zero-order valence-electron chi connectivity index (χ0n) is 19.0. The highest BCUT2D eigenvalue weighted by Crippen LogP contribution is 2.22. The fourth-order valence-electron chi connectivity index (χ4n) is 3.51. The van der Waals surface area contributed by atoms with Crippen LogP contribution in [0.5, 0.6) is 0 Å². The molecule has 30 heavy (non-hydrogen) atoms. The summed E-state index contributed by atoms with van der Waals surface area (Å²) in [6, 6.07) is 7.63. The Morgan fingerprint density at radius 2 is 1.47 bits per heavy atom. The Labute approximate surface area is 180 Å². The molecule has 1 saturated heterocycles. The van der Waals surface area contributed by atoms with E-state index in [0.29, 0.717) is 51.4 Å². The fourth-order valence-corrected chi connectivity index (χ4v) is 3.51. The second kappa shape index (κ2) is 10.5. The van der Waals surface area contributed by atoms with Gasteiger partial charge in [-0.2, -0.15) is 0 Å². The predicted octanol–water partition coefficient (Wildman–Crippen LogP) is 2.71. The average molecular weight is 417 g/mol. The molecule has 7 heteroatoms. The monoisotopic (exact) mass is 416 g/mol. The number of carbonyl (C=O) groups excluding carboxylic acids is 3. The van der Waals surface area contributed by atoms with Crippen LogP contribution >= 0.6 is 0 Å². The maximum absolute atomic E-state index is 12.5. The summed E-state index contributed by atoms with van der Waals surface area (Å²) < 4.78 is 0. The normalized spacial score (nSPS) is 14.4. The van der Waals surface area contributed by atoms with E-state index in [2.05, 4.69) is 26.1 Å². The van der Waals surface area contributed by atoms with Crippen molar-refractivity contribution in [2.45, 2.75) is 46.5 Å². The van der Waals surface area contributed by atoms with Crippen molar-refractivity contribution in [2.24, 2.45) is 0 Å². The van der Waals surface area contributed by atoms with Gasteiger partial charge in [-0.15, -0.1) is 0 Å². The van der Waals surface area contributed by atoms with Gasteiger partial charge in [0.15, 0.2) is 0 Å². The molecule has 1 aromatic rings. The fraction of sp³-hybridized carbons (Fsp3) is 0.609. The first-order valence-corrected chi connectivity index (χ1v) is 10.9. The van der Waals surface area contributed by atoms with E-state index >= 15 is 0 Å². The van der Waals surface area contributed by atoms with Gasteiger partial charge in [-0.3, -0.25) is 9.59 Å². The smallest absolute Gasteiger partial charge is 0.320 e. The van der Waals surface area contributed by atoms with E-state index in [-0.39, 0.29) is 29.7 Å². The van der Waals surface area contributed by atoms with Gasteiger partial charge >= 0.3 is 6.03 Å². The van der Waals surface area contributed by atoms with Crippen LogP contribution in [0.2, 0.25) is 0 Å². The van der Waals surface area contributed by atoms with Crippen molar-refractivity contribution >= 4 is 17.8 Å². The maximum atomic E-state index is 12.5. The number of piperazine rings is 1. The molecule has 1 fully saturated rings. The Balaban J connectivity index is 1.75. The average Bonchev–Trinajstić information content (AvgIpc) is 2.74. The lowest BCUT2D eigenvalue weighted by atomic mass is 9.87. The summed E-state index contributed by atoms with van der Waals surface area (Å²) in [7, 11) is 0. The quantitative estimate of drug-likeness (QED) is 0.775. The largest absolute Gasteiger partial charge is 0.352 e. The lowest BCUT2D eigenvalue weighted by Gasteiger charge is -2.37. The van der Waals surface area contributed by atoms with Gasteiger partial charge in [0.25, 0.3) is 5.91 Å². The number of amides is 4. The van der Waals surface area contributed by atoms with Gasteiger partial charge in [0.05, 0.1) is 0 Å². The Kier molecular flexibility index (Phi) is 8.26. The highest BCUT2D eigenvalue weighted by molar-refractivity contribution is 5.94. The van der Waals surface area contributed by atoms with Crippen molar-refractivity contribution in [3.63, 3.8) is 0 Å². The van der Waals surface area contributed by atoms with Crippen LogP contribution in [0.1, 0.15) is 57.0 Å². The molecule has 0 spiro atoms. The standard InChI is InChI=1S/C23H36N4O3/c1-6-25(7-2)22(30)27-16-14-26(15-17-27)20(28)12-13-24-21(29)18-8-10-19(11-9-18)23(3,4)5/h8-11H,6-7,12-17H2,1-5H3,(H,24,29). The number of hydrogen-bond donors (Lipinski definition) is 1. The number of benzene rings is 1. The number of nitrogens with zero attached hydrogens (tertiary/aromatic N) is 3. The summed E-state index contributed by atoms with van der Waals surface area (Å²) in [6.45, 7) is 14.2. The molecule has 0 atom stereocenters. The van der Waals surface area contributed by atoms with E-state index in [1.54, 1.807) is 14.7 Å². The maximum Gasteiger partial charge on any atom is 0.320 e. The van der Waals surface area contributed by atoms with E-state index in [0.717, 1.165) is 0 Å². The van der Waals surface area contributed by atoms with Crippen LogP contribution in [0.15, 0.2) is 24.3 Å². The minimum absolute atomic E-state index is 0.00770. The van der Waals surface area contributed by atoms with Gasteiger partial charge in [0, 0.05) is 57.8 Å². The van der Waals surface area contributed by atoms with E-state index in [4.69, 9.17) is 0 Å². The lowest BCUT2D eigenvalue weighted by molar-refractivity contribution is -0.132. The van der Waals surface area contributed by atoms with Crippen molar-refractivity contribution in [2.75, 3.05) is 45.8 Å². The topological polar surface area (TPSA) is 73.0 Å². The summed E-state index contributed by atoms with van der Waals surface area (Å²) >= 11 is 0. The number of carbonyl (C=O) groups is 3. The molecule has 1 aliphatic rings. The molecular weight excluding hydrogens is 380 g/mol. The van der Waals surface area contributed by atoms with Crippen LogP contribution in [0.4, 0.5) is 4.79 Å². The van der Waals surface area contributed by atoms with Gasteiger partial charge in [-0.05, 0) is 37.0 Å². The van der Waals surface area contributed by atoms with Gasteiger partial charge < -0.3 is 20.0 Å². The SMILES string of the molecule is CCN(CC)C(=O)N1CCN(C(=O)CCNC(=O)c2ccc(C(C)(C)C)cc2)CC1. The molecule has 7 nitrogen and oxygen atoms in total. The van der Waals surface area contributed by atoms with Crippen molar-refractivity contribution in [3.8, 4) is 0 Å². The van der Waals surface area contributed by atoms with Crippen LogP contribution in [0, 0.1) is 0 Å². The highest BCUT2D eigenvalue weighted by atomic mass is 16.2. The van der Waals surface area contributed by atoms with Gasteiger partial charge in [-0.1, -0.05) is 32.9 Å². The van der Waals surface area contributed by atoms with E-state index in [1.165, 1.54) is 5.56 Å². The van der Waals surface area contributed by atoms with Crippen LogP contribution in [0.3, 0.4) is 0 Å². The van der Waals surface area contributed by atoms with E-state index in [9.17, 15) is 14.4 Å². The summed E-state index contributed by atoms with van der Waals surface area (Å²) in [4.78, 5) is 42.5. The minimum atomic E-state index is -0.169. The van der Waals surface area contributed by atoms with Gasteiger partial charge in [0.1, 0.15) is 0 Å². The highest BCUT2D eigenvalue weighted by Gasteiger charge is 2.26. The first kappa shape index (κ1) is 23.7. The molecule has 1 heterocycles. The van der Waals surface area contributed by atoms with Crippen molar-refractivity contribution in [1.82, 2.24) is 20.0 Å². The number of rotatable bonds is 6. The molecule has 1 N–H and O–H groups in total. The molecule has 1 aliphatic heterocycles.